The minimum atomic E-state index is -0.139. The average Bonchev–Trinajstić information content (AvgIpc) is 3.23. The van der Waals surface area contributed by atoms with E-state index < -0.39 is 0 Å². The molecule has 1 fully saturated rings. The number of para-hydroxylation sites is 1. The molecule has 0 amide bonds. The van der Waals surface area contributed by atoms with Crippen molar-refractivity contribution < 1.29 is 10.2 Å². The summed E-state index contributed by atoms with van der Waals surface area (Å²) in [7, 11) is 0. The van der Waals surface area contributed by atoms with Crippen LogP contribution in [0.2, 0.25) is 5.02 Å². The molecule has 0 spiro atoms. The number of benzene rings is 2. The van der Waals surface area contributed by atoms with Gasteiger partial charge in [-0.2, -0.15) is 0 Å². The van der Waals surface area contributed by atoms with Crippen LogP contribution in [0.5, 0.6) is 11.5 Å². The third kappa shape index (κ3) is 1.94. The van der Waals surface area contributed by atoms with E-state index in [0.29, 0.717) is 22.5 Å². The van der Waals surface area contributed by atoms with Crippen molar-refractivity contribution >= 4 is 22.6 Å². The number of phenols is 2. The molecule has 1 aliphatic carbocycles. The predicted octanol–water partition coefficient (Wildman–Crippen LogP) is 4.10. The van der Waals surface area contributed by atoms with Gasteiger partial charge in [0.15, 0.2) is 11.5 Å². The summed E-state index contributed by atoms with van der Waals surface area (Å²) in [5, 5.41) is 20.5. The fourth-order valence-electron chi connectivity index (χ4n) is 2.67. The summed E-state index contributed by atoms with van der Waals surface area (Å²) in [6.45, 7) is 0. The van der Waals surface area contributed by atoms with Crippen LogP contribution in [-0.2, 0) is 0 Å². The number of halogens is 1. The van der Waals surface area contributed by atoms with Crippen molar-refractivity contribution in [2.24, 2.45) is 0 Å². The Balaban J connectivity index is 2.04. The number of phenolic OH excluding ortho intramolecular Hbond substituents is 2. The molecule has 0 atom stereocenters. The van der Waals surface area contributed by atoms with Gasteiger partial charge in [-0.3, -0.25) is 0 Å². The molecule has 1 aliphatic rings. The van der Waals surface area contributed by atoms with Gasteiger partial charge in [0.05, 0.1) is 16.6 Å². The lowest BCUT2D eigenvalue weighted by atomic mass is 10.1. The zero-order chi connectivity index (χ0) is 14.6. The Morgan fingerprint density at radius 1 is 1.14 bits per heavy atom. The zero-order valence-electron chi connectivity index (χ0n) is 11.1. The first-order chi connectivity index (χ1) is 10.1. The molecule has 4 nitrogen and oxygen atoms in total. The maximum Gasteiger partial charge on any atom is 0.168 e. The van der Waals surface area contributed by atoms with E-state index in [1.165, 1.54) is 6.07 Å². The fraction of sp³-hybridized carbons (Fsp3) is 0.188. The SMILES string of the molecule is Oc1cccc(-c2nc3ccc(Cl)cc3n2C2CC2)c1O. The topological polar surface area (TPSA) is 58.3 Å². The second-order valence-corrected chi connectivity index (χ2v) is 5.78. The van der Waals surface area contributed by atoms with Gasteiger partial charge in [-0.1, -0.05) is 17.7 Å². The minimum absolute atomic E-state index is 0.138. The molecule has 2 aromatic carbocycles. The number of aromatic nitrogens is 2. The van der Waals surface area contributed by atoms with E-state index in [1.54, 1.807) is 18.2 Å². The molecular weight excluding hydrogens is 288 g/mol. The normalized spacial score (nSPS) is 14.7. The van der Waals surface area contributed by atoms with Crippen molar-refractivity contribution in [1.29, 1.82) is 0 Å². The van der Waals surface area contributed by atoms with Gasteiger partial charge in [-0.25, -0.2) is 4.98 Å². The second kappa shape index (κ2) is 4.40. The number of hydrogen-bond donors (Lipinski definition) is 2. The maximum absolute atomic E-state index is 10.1. The largest absolute Gasteiger partial charge is 0.504 e. The van der Waals surface area contributed by atoms with Crippen LogP contribution in [0.25, 0.3) is 22.4 Å². The van der Waals surface area contributed by atoms with Gasteiger partial charge in [0.1, 0.15) is 5.82 Å². The van der Waals surface area contributed by atoms with E-state index in [0.717, 1.165) is 23.9 Å². The Morgan fingerprint density at radius 2 is 1.95 bits per heavy atom. The molecule has 0 radical (unpaired) electrons. The molecule has 0 unspecified atom stereocenters. The lowest BCUT2D eigenvalue weighted by Crippen LogP contribution is -1.97. The van der Waals surface area contributed by atoms with E-state index in [2.05, 4.69) is 9.55 Å². The zero-order valence-corrected chi connectivity index (χ0v) is 11.9. The fourth-order valence-corrected chi connectivity index (χ4v) is 2.84. The third-order valence-corrected chi connectivity index (χ3v) is 4.05. The summed E-state index contributed by atoms with van der Waals surface area (Å²) in [6, 6.07) is 10.9. The molecule has 1 aromatic heterocycles. The highest BCUT2D eigenvalue weighted by Gasteiger charge is 2.29. The van der Waals surface area contributed by atoms with Gasteiger partial charge in [0.25, 0.3) is 0 Å². The Labute approximate surface area is 126 Å². The summed E-state index contributed by atoms with van der Waals surface area (Å²) >= 11 is 6.10. The van der Waals surface area contributed by atoms with Gasteiger partial charge in [-0.15, -0.1) is 0 Å². The molecule has 1 heterocycles. The Kier molecular flexibility index (Phi) is 2.62. The van der Waals surface area contributed by atoms with Crippen molar-refractivity contribution in [2.45, 2.75) is 18.9 Å². The first-order valence-electron chi connectivity index (χ1n) is 6.84. The first kappa shape index (κ1) is 12.5. The van der Waals surface area contributed by atoms with Crippen molar-refractivity contribution in [3.63, 3.8) is 0 Å². The summed E-state index contributed by atoms with van der Waals surface area (Å²) in [5.41, 5.74) is 2.33. The molecule has 0 aliphatic heterocycles. The van der Waals surface area contributed by atoms with Crippen LogP contribution in [0.4, 0.5) is 0 Å². The Bertz CT molecular complexity index is 853. The third-order valence-electron chi connectivity index (χ3n) is 3.82. The van der Waals surface area contributed by atoms with E-state index >= 15 is 0 Å². The summed E-state index contributed by atoms with van der Waals surface area (Å²) in [4.78, 5) is 4.62. The smallest absolute Gasteiger partial charge is 0.168 e. The Hall–Kier alpha value is -2.20. The number of rotatable bonds is 2. The molecule has 2 N–H and O–H groups in total. The lowest BCUT2D eigenvalue weighted by Gasteiger charge is -2.09. The standard InChI is InChI=1S/C16H13ClN2O2/c17-9-4-7-12-13(8-9)19(10-5-6-10)16(18-12)11-2-1-3-14(20)15(11)21/h1-4,7-8,10,20-21H,5-6H2. The van der Waals surface area contributed by atoms with Crippen LogP contribution in [0, 0.1) is 0 Å². The van der Waals surface area contributed by atoms with Crippen LogP contribution >= 0.6 is 11.6 Å². The first-order valence-corrected chi connectivity index (χ1v) is 7.22. The molecule has 21 heavy (non-hydrogen) atoms. The second-order valence-electron chi connectivity index (χ2n) is 5.34. The number of aromatic hydroxyl groups is 2. The van der Waals surface area contributed by atoms with Crippen LogP contribution in [0.15, 0.2) is 36.4 Å². The predicted molar refractivity (Wildman–Crippen MR) is 81.8 cm³/mol. The van der Waals surface area contributed by atoms with Gasteiger partial charge in [0, 0.05) is 11.1 Å². The highest BCUT2D eigenvalue weighted by molar-refractivity contribution is 6.31. The van der Waals surface area contributed by atoms with Crippen molar-refractivity contribution in [2.75, 3.05) is 0 Å². The van der Waals surface area contributed by atoms with Gasteiger partial charge >= 0.3 is 0 Å². The number of nitrogens with zero attached hydrogens (tertiary/aromatic N) is 2. The van der Waals surface area contributed by atoms with E-state index in [9.17, 15) is 10.2 Å². The summed E-state index contributed by atoms with van der Waals surface area (Å²) in [5.74, 6) is 0.393. The lowest BCUT2D eigenvalue weighted by molar-refractivity contribution is 0.404. The molecule has 106 valence electrons. The van der Waals surface area contributed by atoms with Gasteiger partial charge < -0.3 is 14.8 Å². The van der Waals surface area contributed by atoms with Gasteiger partial charge in [-0.05, 0) is 43.2 Å². The average molecular weight is 301 g/mol. The van der Waals surface area contributed by atoms with Crippen LogP contribution in [0.3, 0.4) is 0 Å². The molecule has 3 aromatic rings. The number of imidazole rings is 1. The molecule has 0 bridgehead atoms. The van der Waals surface area contributed by atoms with Crippen molar-refractivity contribution in [1.82, 2.24) is 9.55 Å². The number of hydrogen-bond acceptors (Lipinski definition) is 3. The Morgan fingerprint density at radius 3 is 2.71 bits per heavy atom. The highest BCUT2D eigenvalue weighted by Crippen LogP contribution is 2.44. The van der Waals surface area contributed by atoms with Crippen LogP contribution < -0.4 is 0 Å². The quantitative estimate of drug-likeness (QED) is 0.700. The number of fused-ring (bicyclic) bond motifs is 1. The summed E-state index contributed by atoms with van der Waals surface area (Å²) < 4.78 is 2.11. The van der Waals surface area contributed by atoms with E-state index in [4.69, 9.17) is 11.6 Å². The molecule has 5 heteroatoms. The van der Waals surface area contributed by atoms with E-state index in [-0.39, 0.29) is 11.5 Å². The molecular formula is C16H13ClN2O2. The van der Waals surface area contributed by atoms with Crippen LogP contribution in [0.1, 0.15) is 18.9 Å². The molecule has 1 saturated carbocycles. The highest BCUT2D eigenvalue weighted by atomic mass is 35.5. The van der Waals surface area contributed by atoms with E-state index in [1.807, 2.05) is 12.1 Å². The maximum atomic E-state index is 10.1. The van der Waals surface area contributed by atoms with Crippen molar-refractivity contribution in [3.8, 4) is 22.9 Å². The molecule has 4 rings (SSSR count). The summed E-state index contributed by atoms with van der Waals surface area (Å²) in [6.07, 6.45) is 2.18. The van der Waals surface area contributed by atoms with Crippen molar-refractivity contribution in [3.05, 3.63) is 41.4 Å². The minimum Gasteiger partial charge on any atom is -0.504 e. The van der Waals surface area contributed by atoms with Gasteiger partial charge in [0.2, 0.25) is 0 Å². The monoisotopic (exact) mass is 300 g/mol. The molecule has 0 saturated heterocycles. The van der Waals surface area contributed by atoms with Crippen LogP contribution in [-0.4, -0.2) is 19.8 Å².